The minimum atomic E-state index is -3.95. The quantitative estimate of drug-likeness (QED) is 0.867. The predicted molar refractivity (Wildman–Crippen MR) is 99.1 cm³/mol. The van der Waals surface area contributed by atoms with Gasteiger partial charge in [-0.05, 0) is 56.7 Å². The number of hydrogen-bond donors (Lipinski definition) is 1. The van der Waals surface area contributed by atoms with Crippen LogP contribution in [0.5, 0.6) is 0 Å². The number of amides is 2. The molecule has 0 atom stereocenters. The van der Waals surface area contributed by atoms with Crippen molar-refractivity contribution in [1.82, 2.24) is 4.31 Å². The lowest BCUT2D eigenvalue weighted by molar-refractivity contribution is 0.0846. The molecule has 0 saturated carbocycles. The summed E-state index contributed by atoms with van der Waals surface area (Å²) in [6, 6.07) is 8.61. The summed E-state index contributed by atoms with van der Waals surface area (Å²) >= 11 is 6.05. The Labute approximate surface area is 156 Å². The molecule has 8 heteroatoms. The lowest BCUT2D eigenvalue weighted by Crippen LogP contribution is -2.36. The normalized spacial score (nSPS) is 15.3. The molecule has 1 N–H and O–H groups in total. The average molecular weight is 393 g/mol. The average Bonchev–Trinajstić information content (AvgIpc) is 2.77. The summed E-state index contributed by atoms with van der Waals surface area (Å²) in [6.07, 6.45) is 0. The van der Waals surface area contributed by atoms with Crippen LogP contribution in [0.4, 0.5) is 5.69 Å². The molecule has 136 valence electrons. The van der Waals surface area contributed by atoms with Gasteiger partial charge in [-0.3, -0.25) is 9.59 Å². The van der Waals surface area contributed by atoms with E-state index in [0.717, 1.165) is 9.87 Å². The molecule has 3 rings (SSSR count). The highest BCUT2D eigenvalue weighted by molar-refractivity contribution is 7.90. The van der Waals surface area contributed by atoms with Crippen molar-refractivity contribution in [3.63, 3.8) is 0 Å². The number of carbonyl (C=O) groups is 2. The van der Waals surface area contributed by atoms with Gasteiger partial charge in [-0.2, -0.15) is 0 Å². The highest BCUT2D eigenvalue weighted by atomic mass is 35.5. The molecule has 0 bridgehead atoms. The Morgan fingerprint density at radius 1 is 1.15 bits per heavy atom. The summed E-state index contributed by atoms with van der Waals surface area (Å²) < 4.78 is 26.0. The third kappa shape index (κ3) is 2.97. The lowest BCUT2D eigenvalue weighted by atomic mass is 10.1. The fourth-order valence-corrected chi connectivity index (χ4v) is 4.75. The molecule has 2 aromatic rings. The van der Waals surface area contributed by atoms with Crippen molar-refractivity contribution in [3.8, 4) is 0 Å². The van der Waals surface area contributed by atoms with Crippen LogP contribution in [0, 0.1) is 6.92 Å². The topological polar surface area (TPSA) is 83.6 Å². The first kappa shape index (κ1) is 18.4. The Morgan fingerprint density at radius 3 is 2.46 bits per heavy atom. The molecule has 26 heavy (non-hydrogen) atoms. The number of nitrogens with one attached hydrogen (secondary N) is 1. The SMILES string of the molecule is Cc1ccc(NC(=O)c2ccc3c(c2)S(=O)(=O)N(C(C)C)C3=O)cc1Cl. The van der Waals surface area contributed by atoms with Crippen molar-refractivity contribution in [3.05, 3.63) is 58.1 Å². The molecular formula is C18H17ClN2O4S. The van der Waals surface area contributed by atoms with Gasteiger partial charge in [0.1, 0.15) is 4.90 Å². The van der Waals surface area contributed by atoms with Crippen LogP contribution in [-0.2, 0) is 10.0 Å². The number of carbonyl (C=O) groups excluding carboxylic acids is 2. The van der Waals surface area contributed by atoms with E-state index in [9.17, 15) is 18.0 Å². The molecule has 6 nitrogen and oxygen atoms in total. The van der Waals surface area contributed by atoms with Crippen molar-refractivity contribution >= 4 is 39.1 Å². The summed E-state index contributed by atoms with van der Waals surface area (Å²) in [7, 11) is -3.95. The molecule has 0 aromatic heterocycles. The summed E-state index contributed by atoms with van der Waals surface area (Å²) in [5, 5.41) is 3.18. The molecular weight excluding hydrogens is 376 g/mol. The van der Waals surface area contributed by atoms with E-state index in [1.807, 2.05) is 6.92 Å². The molecule has 2 aromatic carbocycles. The second-order valence-corrected chi connectivity index (χ2v) is 8.52. The Morgan fingerprint density at radius 2 is 1.85 bits per heavy atom. The van der Waals surface area contributed by atoms with Crippen molar-refractivity contribution in [2.45, 2.75) is 31.7 Å². The monoisotopic (exact) mass is 392 g/mol. The summed E-state index contributed by atoms with van der Waals surface area (Å²) in [6.45, 7) is 5.09. The molecule has 0 radical (unpaired) electrons. The smallest absolute Gasteiger partial charge is 0.269 e. The van der Waals surface area contributed by atoms with Crippen LogP contribution in [-0.4, -0.2) is 30.6 Å². The first-order valence-corrected chi connectivity index (χ1v) is 9.75. The Bertz CT molecular complexity index is 1030. The second kappa shape index (κ2) is 6.41. The molecule has 0 spiro atoms. The van der Waals surface area contributed by atoms with E-state index in [2.05, 4.69) is 5.32 Å². The Kier molecular flexibility index (Phi) is 4.54. The first-order chi connectivity index (χ1) is 12.1. The molecule has 1 aliphatic heterocycles. The van der Waals surface area contributed by atoms with Crippen molar-refractivity contribution in [2.24, 2.45) is 0 Å². The predicted octanol–water partition coefficient (Wildman–Crippen LogP) is 3.45. The Hall–Kier alpha value is -2.38. The maximum Gasteiger partial charge on any atom is 0.269 e. The van der Waals surface area contributed by atoms with Gasteiger partial charge in [0.15, 0.2) is 0 Å². The minimum absolute atomic E-state index is 0.0774. The number of sulfonamides is 1. The highest BCUT2D eigenvalue weighted by Crippen LogP contribution is 2.32. The van der Waals surface area contributed by atoms with Gasteiger partial charge in [0.25, 0.3) is 21.8 Å². The maximum absolute atomic E-state index is 12.6. The minimum Gasteiger partial charge on any atom is -0.322 e. The molecule has 0 saturated heterocycles. The van der Waals surface area contributed by atoms with Crippen LogP contribution in [0.2, 0.25) is 5.02 Å². The number of anilines is 1. The lowest BCUT2D eigenvalue weighted by Gasteiger charge is -2.18. The molecule has 0 fully saturated rings. The zero-order valence-electron chi connectivity index (χ0n) is 14.4. The summed E-state index contributed by atoms with van der Waals surface area (Å²) in [5.41, 5.74) is 1.59. The fourth-order valence-electron chi connectivity index (χ4n) is 2.77. The number of benzene rings is 2. The third-order valence-electron chi connectivity index (χ3n) is 4.11. The Balaban J connectivity index is 1.95. The van der Waals surface area contributed by atoms with E-state index < -0.39 is 27.9 Å². The third-order valence-corrected chi connectivity index (χ3v) is 6.52. The van der Waals surface area contributed by atoms with Gasteiger partial charge in [-0.1, -0.05) is 17.7 Å². The number of fused-ring (bicyclic) bond motifs is 1. The number of halogens is 1. The van der Waals surface area contributed by atoms with E-state index in [-0.39, 0.29) is 16.0 Å². The maximum atomic E-state index is 12.6. The van der Waals surface area contributed by atoms with Gasteiger partial charge in [0.05, 0.1) is 5.56 Å². The van der Waals surface area contributed by atoms with E-state index in [1.54, 1.807) is 32.0 Å². The number of rotatable bonds is 3. The van der Waals surface area contributed by atoms with Crippen molar-refractivity contribution in [2.75, 3.05) is 5.32 Å². The second-order valence-electron chi connectivity index (χ2n) is 6.33. The number of hydrogen-bond acceptors (Lipinski definition) is 4. The van der Waals surface area contributed by atoms with E-state index >= 15 is 0 Å². The van der Waals surface area contributed by atoms with Gasteiger partial charge < -0.3 is 5.32 Å². The first-order valence-electron chi connectivity index (χ1n) is 7.93. The van der Waals surface area contributed by atoms with Crippen LogP contribution in [0.1, 0.15) is 40.1 Å². The van der Waals surface area contributed by atoms with Crippen LogP contribution in [0.15, 0.2) is 41.3 Å². The van der Waals surface area contributed by atoms with Crippen molar-refractivity contribution in [1.29, 1.82) is 0 Å². The van der Waals surface area contributed by atoms with Gasteiger partial charge in [-0.25, -0.2) is 12.7 Å². The number of nitrogens with zero attached hydrogens (tertiary/aromatic N) is 1. The van der Waals surface area contributed by atoms with Crippen LogP contribution in [0.3, 0.4) is 0 Å². The van der Waals surface area contributed by atoms with Crippen LogP contribution < -0.4 is 5.32 Å². The molecule has 1 aliphatic rings. The van der Waals surface area contributed by atoms with Gasteiger partial charge in [-0.15, -0.1) is 0 Å². The van der Waals surface area contributed by atoms with Gasteiger partial charge in [0, 0.05) is 22.3 Å². The van der Waals surface area contributed by atoms with Crippen LogP contribution >= 0.6 is 11.6 Å². The zero-order chi connectivity index (χ0) is 19.2. The van der Waals surface area contributed by atoms with Crippen LogP contribution in [0.25, 0.3) is 0 Å². The molecule has 2 amide bonds. The molecule has 1 heterocycles. The molecule has 0 unspecified atom stereocenters. The zero-order valence-corrected chi connectivity index (χ0v) is 16.0. The fraction of sp³-hybridized carbons (Fsp3) is 0.222. The summed E-state index contributed by atoms with van der Waals surface area (Å²) in [4.78, 5) is 24.7. The molecule has 0 aliphatic carbocycles. The highest BCUT2D eigenvalue weighted by Gasteiger charge is 2.42. The van der Waals surface area contributed by atoms with E-state index in [0.29, 0.717) is 10.7 Å². The standard InChI is InChI=1S/C18H17ClN2O4S/c1-10(2)21-18(23)14-7-5-12(8-16(14)26(21,24)25)17(22)20-13-6-4-11(3)15(19)9-13/h4-10H,1-3H3,(H,20,22). The van der Waals surface area contributed by atoms with Crippen molar-refractivity contribution < 1.29 is 18.0 Å². The van der Waals surface area contributed by atoms with E-state index in [1.165, 1.54) is 18.2 Å². The van der Waals surface area contributed by atoms with Gasteiger partial charge in [0.2, 0.25) is 0 Å². The largest absolute Gasteiger partial charge is 0.322 e. The van der Waals surface area contributed by atoms with Gasteiger partial charge >= 0.3 is 0 Å². The summed E-state index contributed by atoms with van der Waals surface area (Å²) in [5.74, 6) is -1.06. The number of aryl methyl sites for hydroxylation is 1. The van der Waals surface area contributed by atoms with E-state index in [4.69, 9.17) is 11.6 Å².